The molecular weight excluding hydrogens is 190 g/mol. The van der Waals surface area contributed by atoms with Crippen LogP contribution in [0.4, 0.5) is 0 Å². The summed E-state index contributed by atoms with van der Waals surface area (Å²) in [6.07, 6.45) is 4.14. The van der Waals surface area contributed by atoms with Crippen LogP contribution < -0.4 is 11.1 Å². The summed E-state index contributed by atoms with van der Waals surface area (Å²) in [6.45, 7) is 6.21. The lowest BCUT2D eigenvalue weighted by Crippen LogP contribution is -2.47. The Balaban J connectivity index is 2.67. The fourth-order valence-corrected chi connectivity index (χ4v) is 2.01. The number of guanidine groups is 1. The molecule has 15 heavy (non-hydrogen) atoms. The van der Waals surface area contributed by atoms with Gasteiger partial charge in [-0.25, -0.2) is 4.99 Å². The maximum absolute atomic E-state index is 9.37. The van der Waals surface area contributed by atoms with Crippen LogP contribution in [0.5, 0.6) is 0 Å². The fourth-order valence-electron chi connectivity index (χ4n) is 2.01. The predicted molar refractivity (Wildman–Crippen MR) is 62.8 cm³/mol. The lowest BCUT2D eigenvalue weighted by atomic mass is 10.0. The van der Waals surface area contributed by atoms with Gasteiger partial charge in [0.1, 0.15) is 0 Å². The number of hydrogen-bond acceptors (Lipinski definition) is 2. The highest BCUT2D eigenvalue weighted by atomic mass is 16.3. The Morgan fingerprint density at radius 1 is 1.40 bits per heavy atom. The molecular formula is C11H23N3O. The highest BCUT2D eigenvalue weighted by molar-refractivity contribution is 5.79. The molecule has 0 bridgehead atoms. The number of aliphatic hydroxyl groups excluding tert-OH is 1. The van der Waals surface area contributed by atoms with Gasteiger partial charge in [-0.1, -0.05) is 12.8 Å². The molecule has 4 heteroatoms. The number of nitrogens with one attached hydrogen (secondary N) is 1. The Labute approximate surface area is 92.0 Å². The zero-order valence-electron chi connectivity index (χ0n) is 10.0. The Hall–Kier alpha value is -0.770. The average molecular weight is 213 g/mol. The van der Waals surface area contributed by atoms with E-state index in [4.69, 9.17) is 5.73 Å². The molecule has 0 atom stereocenters. The lowest BCUT2D eigenvalue weighted by Gasteiger charge is -2.26. The Bertz CT molecular complexity index is 237. The molecule has 1 fully saturated rings. The van der Waals surface area contributed by atoms with Crippen LogP contribution in [0.2, 0.25) is 0 Å². The van der Waals surface area contributed by atoms with Gasteiger partial charge in [0, 0.05) is 5.54 Å². The summed E-state index contributed by atoms with van der Waals surface area (Å²) in [4.78, 5) is 4.44. The molecule has 1 saturated carbocycles. The second-order valence-corrected chi connectivity index (χ2v) is 5.46. The minimum Gasteiger partial charge on any atom is -0.394 e. The summed E-state index contributed by atoms with van der Waals surface area (Å²) in [7, 11) is 0. The molecule has 0 unspecified atom stereocenters. The van der Waals surface area contributed by atoms with E-state index in [0.717, 1.165) is 25.7 Å². The molecule has 0 aliphatic heterocycles. The van der Waals surface area contributed by atoms with E-state index >= 15 is 0 Å². The van der Waals surface area contributed by atoms with Gasteiger partial charge in [-0.2, -0.15) is 0 Å². The van der Waals surface area contributed by atoms with Gasteiger partial charge in [0.25, 0.3) is 0 Å². The van der Waals surface area contributed by atoms with E-state index in [2.05, 4.69) is 10.3 Å². The third-order valence-corrected chi connectivity index (χ3v) is 2.69. The Kier molecular flexibility index (Phi) is 3.60. The van der Waals surface area contributed by atoms with Crippen LogP contribution in [0.1, 0.15) is 46.5 Å². The van der Waals surface area contributed by atoms with Gasteiger partial charge in [-0.05, 0) is 33.6 Å². The molecule has 0 saturated heterocycles. The number of nitrogens with zero attached hydrogens (tertiary/aromatic N) is 1. The molecule has 1 aliphatic rings. The van der Waals surface area contributed by atoms with E-state index in [1.54, 1.807) is 0 Å². The van der Waals surface area contributed by atoms with Gasteiger partial charge >= 0.3 is 0 Å². The third-order valence-electron chi connectivity index (χ3n) is 2.69. The van der Waals surface area contributed by atoms with Crippen LogP contribution in [0.3, 0.4) is 0 Å². The molecule has 0 amide bonds. The van der Waals surface area contributed by atoms with Crippen molar-refractivity contribution in [2.45, 2.75) is 57.5 Å². The molecule has 0 spiro atoms. The van der Waals surface area contributed by atoms with Gasteiger partial charge in [0.05, 0.1) is 12.1 Å². The van der Waals surface area contributed by atoms with Crippen molar-refractivity contribution in [1.82, 2.24) is 5.32 Å². The molecule has 1 rings (SSSR count). The standard InChI is InChI=1S/C11H23N3O/c1-10(2,3)13-9(12)14-11(8-15)6-4-5-7-11/h15H,4-8H2,1-3H3,(H3,12,13,14). The first kappa shape index (κ1) is 12.3. The maximum Gasteiger partial charge on any atom is 0.189 e. The van der Waals surface area contributed by atoms with Crippen molar-refractivity contribution >= 4 is 5.96 Å². The van der Waals surface area contributed by atoms with Crippen LogP contribution in [0.15, 0.2) is 4.99 Å². The molecule has 1 aliphatic carbocycles. The number of aliphatic imine (C=N–C) groups is 1. The van der Waals surface area contributed by atoms with Crippen molar-refractivity contribution in [3.05, 3.63) is 0 Å². The van der Waals surface area contributed by atoms with E-state index in [1.165, 1.54) is 0 Å². The van der Waals surface area contributed by atoms with E-state index in [0.29, 0.717) is 5.96 Å². The molecule has 88 valence electrons. The van der Waals surface area contributed by atoms with E-state index in [-0.39, 0.29) is 17.7 Å². The molecule has 0 heterocycles. The summed E-state index contributed by atoms with van der Waals surface area (Å²) in [6, 6.07) is 0. The largest absolute Gasteiger partial charge is 0.394 e. The number of rotatable bonds is 2. The normalized spacial score (nSPS) is 21.7. The topological polar surface area (TPSA) is 70.6 Å². The first-order valence-electron chi connectivity index (χ1n) is 5.61. The van der Waals surface area contributed by atoms with Gasteiger partial charge in [0.15, 0.2) is 5.96 Å². The van der Waals surface area contributed by atoms with Crippen molar-refractivity contribution in [1.29, 1.82) is 0 Å². The maximum atomic E-state index is 9.37. The summed E-state index contributed by atoms with van der Waals surface area (Å²) in [5.74, 6) is 0.443. The van der Waals surface area contributed by atoms with E-state index in [1.807, 2.05) is 20.8 Å². The number of nitrogens with two attached hydrogens (primary N) is 1. The van der Waals surface area contributed by atoms with Crippen molar-refractivity contribution < 1.29 is 5.11 Å². The minimum atomic E-state index is -0.317. The molecule has 4 nitrogen and oxygen atoms in total. The third kappa shape index (κ3) is 3.70. The van der Waals surface area contributed by atoms with E-state index in [9.17, 15) is 5.11 Å². The van der Waals surface area contributed by atoms with Crippen molar-refractivity contribution in [3.63, 3.8) is 0 Å². The smallest absolute Gasteiger partial charge is 0.189 e. The highest BCUT2D eigenvalue weighted by Crippen LogP contribution is 2.32. The zero-order valence-corrected chi connectivity index (χ0v) is 10.0. The van der Waals surface area contributed by atoms with Crippen LogP contribution >= 0.6 is 0 Å². The predicted octanol–water partition coefficient (Wildman–Crippen LogP) is 0.994. The summed E-state index contributed by atoms with van der Waals surface area (Å²) >= 11 is 0. The SMILES string of the molecule is CC(C)(C)NC(N)=NC1(CO)CCCC1. The van der Waals surface area contributed by atoms with Gasteiger partial charge < -0.3 is 16.2 Å². The van der Waals surface area contributed by atoms with Crippen molar-refractivity contribution in [3.8, 4) is 0 Å². The van der Waals surface area contributed by atoms with Gasteiger partial charge in [-0.3, -0.25) is 0 Å². The van der Waals surface area contributed by atoms with Crippen molar-refractivity contribution in [2.75, 3.05) is 6.61 Å². The summed E-state index contributed by atoms with van der Waals surface area (Å²) in [5.41, 5.74) is 5.43. The van der Waals surface area contributed by atoms with Gasteiger partial charge in [0.2, 0.25) is 0 Å². The number of hydrogen-bond donors (Lipinski definition) is 3. The molecule has 0 aromatic carbocycles. The Morgan fingerprint density at radius 3 is 2.33 bits per heavy atom. The van der Waals surface area contributed by atoms with Crippen LogP contribution in [0, 0.1) is 0 Å². The Morgan fingerprint density at radius 2 is 1.93 bits per heavy atom. The quantitative estimate of drug-likeness (QED) is 0.473. The van der Waals surface area contributed by atoms with Crippen molar-refractivity contribution in [2.24, 2.45) is 10.7 Å². The molecule has 4 N–H and O–H groups in total. The highest BCUT2D eigenvalue weighted by Gasteiger charge is 2.33. The monoisotopic (exact) mass is 213 g/mol. The minimum absolute atomic E-state index is 0.0805. The molecule has 0 aromatic rings. The van der Waals surface area contributed by atoms with Crippen LogP contribution in [-0.4, -0.2) is 28.8 Å². The summed E-state index contributed by atoms with van der Waals surface area (Å²) in [5, 5.41) is 12.5. The zero-order chi connectivity index (χ0) is 11.5. The molecule has 0 radical (unpaired) electrons. The first-order valence-corrected chi connectivity index (χ1v) is 5.61. The second kappa shape index (κ2) is 4.39. The molecule has 0 aromatic heterocycles. The first-order chi connectivity index (χ1) is 6.87. The average Bonchev–Trinajstić information content (AvgIpc) is 2.50. The second-order valence-electron chi connectivity index (χ2n) is 5.46. The van der Waals surface area contributed by atoms with E-state index < -0.39 is 0 Å². The fraction of sp³-hybridized carbons (Fsp3) is 0.909. The summed E-state index contributed by atoms with van der Waals surface area (Å²) < 4.78 is 0. The van der Waals surface area contributed by atoms with Crippen LogP contribution in [-0.2, 0) is 0 Å². The van der Waals surface area contributed by atoms with Crippen LogP contribution in [0.25, 0.3) is 0 Å². The van der Waals surface area contributed by atoms with Gasteiger partial charge in [-0.15, -0.1) is 0 Å². The lowest BCUT2D eigenvalue weighted by molar-refractivity contribution is 0.200. The number of aliphatic hydroxyl groups is 1.